The van der Waals surface area contributed by atoms with Crippen LogP contribution in [0.5, 0.6) is 5.88 Å². The minimum Gasteiger partial charge on any atom is -0.389 e. The van der Waals surface area contributed by atoms with Crippen molar-refractivity contribution in [1.29, 1.82) is 0 Å². The van der Waals surface area contributed by atoms with Gasteiger partial charge in [-0.25, -0.2) is 9.78 Å². The molecule has 0 saturated carbocycles. The second-order valence-corrected chi connectivity index (χ2v) is 5.76. The van der Waals surface area contributed by atoms with Gasteiger partial charge in [-0.3, -0.25) is 5.10 Å². The summed E-state index contributed by atoms with van der Waals surface area (Å²) in [6.45, 7) is 5.61. The number of carbonyl (C=O) groups excluding carboxylic acids is 1. The Labute approximate surface area is 112 Å². The maximum atomic E-state index is 11.6. The van der Waals surface area contributed by atoms with Gasteiger partial charge in [0.1, 0.15) is 0 Å². The molecule has 0 unspecified atom stereocenters. The van der Waals surface area contributed by atoms with Gasteiger partial charge < -0.3 is 10.1 Å². The highest BCUT2D eigenvalue weighted by Crippen LogP contribution is 2.24. The van der Waals surface area contributed by atoms with Crippen molar-refractivity contribution < 1.29 is 9.53 Å². The maximum Gasteiger partial charge on any atom is 0.414 e. The van der Waals surface area contributed by atoms with Crippen LogP contribution in [0.15, 0.2) is 16.7 Å². The Balaban J connectivity index is 2.22. The molecule has 0 aliphatic rings. The molecule has 96 valence electrons. The van der Waals surface area contributed by atoms with Gasteiger partial charge in [0.25, 0.3) is 5.88 Å². The number of amides is 1. The highest BCUT2D eigenvalue weighted by molar-refractivity contribution is 9.10. The average molecular weight is 313 g/mol. The molecular formula is C11H13BrN4O2. The van der Waals surface area contributed by atoms with Crippen LogP contribution in [-0.2, 0) is 0 Å². The van der Waals surface area contributed by atoms with Crippen molar-refractivity contribution in [2.24, 2.45) is 0 Å². The maximum absolute atomic E-state index is 11.6. The van der Waals surface area contributed by atoms with Crippen LogP contribution in [-0.4, -0.2) is 26.8 Å². The predicted octanol–water partition coefficient (Wildman–Crippen LogP) is 2.61. The van der Waals surface area contributed by atoms with Gasteiger partial charge in [-0.1, -0.05) is 0 Å². The Bertz CT molecular complexity index is 588. The van der Waals surface area contributed by atoms with Gasteiger partial charge in [0.2, 0.25) is 0 Å². The summed E-state index contributed by atoms with van der Waals surface area (Å²) in [5, 5.41) is 9.95. The third-order valence-electron chi connectivity index (χ3n) is 2.01. The SMILES string of the molecule is CC(C)(C)NC(=O)Oc1n[nH]c2ncc(Br)cc12. The molecule has 0 fully saturated rings. The lowest BCUT2D eigenvalue weighted by atomic mass is 10.1. The molecule has 0 aromatic carbocycles. The first-order valence-electron chi connectivity index (χ1n) is 5.35. The Morgan fingerprint density at radius 3 is 2.89 bits per heavy atom. The molecule has 0 atom stereocenters. The standard InChI is InChI=1S/C11H13BrN4O2/c1-11(2,3)14-10(17)18-9-7-4-6(12)5-13-8(7)15-16-9/h4-5H,1-3H3,(H,14,17)(H,13,15,16). The van der Waals surface area contributed by atoms with Crippen molar-refractivity contribution in [2.75, 3.05) is 0 Å². The molecule has 0 spiro atoms. The predicted molar refractivity (Wildman–Crippen MR) is 70.5 cm³/mol. The zero-order chi connectivity index (χ0) is 13.3. The minimum absolute atomic E-state index is 0.209. The van der Waals surface area contributed by atoms with Crippen molar-refractivity contribution in [3.63, 3.8) is 0 Å². The Hall–Kier alpha value is -1.63. The first-order chi connectivity index (χ1) is 8.35. The summed E-state index contributed by atoms with van der Waals surface area (Å²) >= 11 is 3.31. The van der Waals surface area contributed by atoms with Gasteiger partial charge >= 0.3 is 6.09 Å². The summed E-state index contributed by atoms with van der Waals surface area (Å²) in [5.74, 6) is 0.209. The number of ether oxygens (including phenoxy) is 1. The van der Waals surface area contributed by atoms with Crippen LogP contribution in [0.4, 0.5) is 4.79 Å². The van der Waals surface area contributed by atoms with E-state index in [2.05, 4.69) is 36.4 Å². The van der Waals surface area contributed by atoms with Crippen LogP contribution in [0.3, 0.4) is 0 Å². The normalized spacial score (nSPS) is 11.6. The smallest absolute Gasteiger partial charge is 0.389 e. The zero-order valence-corrected chi connectivity index (χ0v) is 11.8. The summed E-state index contributed by atoms with van der Waals surface area (Å²) in [7, 11) is 0. The van der Waals surface area contributed by atoms with Crippen molar-refractivity contribution in [3.8, 4) is 5.88 Å². The van der Waals surface area contributed by atoms with E-state index in [1.54, 1.807) is 12.3 Å². The molecule has 0 bridgehead atoms. The van der Waals surface area contributed by atoms with E-state index < -0.39 is 6.09 Å². The van der Waals surface area contributed by atoms with E-state index in [4.69, 9.17) is 4.74 Å². The summed E-state index contributed by atoms with van der Waals surface area (Å²) in [4.78, 5) is 15.7. The van der Waals surface area contributed by atoms with E-state index >= 15 is 0 Å². The van der Waals surface area contributed by atoms with Gasteiger partial charge in [0, 0.05) is 16.2 Å². The zero-order valence-electron chi connectivity index (χ0n) is 10.2. The summed E-state index contributed by atoms with van der Waals surface area (Å²) in [5.41, 5.74) is 0.207. The number of H-pyrrole nitrogens is 1. The summed E-state index contributed by atoms with van der Waals surface area (Å²) < 4.78 is 5.93. The second kappa shape index (κ2) is 4.56. The van der Waals surface area contributed by atoms with Gasteiger partial charge in [-0.2, -0.15) is 0 Å². The van der Waals surface area contributed by atoms with E-state index in [1.807, 2.05) is 20.8 Å². The molecule has 1 amide bonds. The Morgan fingerprint density at radius 1 is 1.50 bits per heavy atom. The number of fused-ring (bicyclic) bond motifs is 1. The molecule has 2 N–H and O–H groups in total. The third kappa shape index (κ3) is 2.98. The summed E-state index contributed by atoms with van der Waals surface area (Å²) in [6, 6.07) is 1.78. The fraction of sp³-hybridized carbons (Fsp3) is 0.364. The van der Waals surface area contributed by atoms with E-state index in [9.17, 15) is 4.79 Å². The van der Waals surface area contributed by atoms with E-state index in [0.717, 1.165) is 4.47 Å². The monoisotopic (exact) mass is 312 g/mol. The lowest BCUT2D eigenvalue weighted by Crippen LogP contribution is -2.42. The van der Waals surface area contributed by atoms with Gasteiger partial charge in [0.15, 0.2) is 5.65 Å². The van der Waals surface area contributed by atoms with Crippen molar-refractivity contribution >= 4 is 33.1 Å². The van der Waals surface area contributed by atoms with Crippen molar-refractivity contribution in [3.05, 3.63) is 16.7 Å². The van der Waals surface area contributed by atoms with E-state index in [1.165, 1.54) is 0 Å². The van der Waals surface area contributed by atoms with Crippen molar-refractivity contribution in [2.45, 2.75) is 26.3 Å². The van der Waals surface area contributed by atoms with Crippen LogP contribution < -0.4 is 10.1 Å². The molecule has 6 nitrogen and oxygen atoms in total. The fourth-order valence-electron chi connectivity index (χ4n) is 1.35. The number of pyridine rings is 1. The first-order valence-corrected chi connectivity index (χ1v) is 6.14. The van der Waals surface area contributed by atoms with E-state index in [0.29, 0.717) is 11.0 Å². The van der Waals surface area contributed by atoms with Crippen LogP contribution >= 0.6 is 15.9 Å². The molecule has 0 saturated heterocycles. The van der Waals surface area contributed by atoms with Crippen molar-refractivity contribution in [1.82, 2.24) is 20.5 Å². The number of hydrogen-bond acceptors (Lipinski definition) is 4. The number of nitrogens with one attached hydrogen (secondary N) is 2. The van der Waals surface area contributed by atoms with Gasteiger partial charge in [0.05, 0.1) is 5.39 Å². The molecule has 2 aromatic rings. The van der Waals surface area contributed by atoms with Crippen LogP contribution in [0.25, 0.3) is 11.0 Å². The van der Waals surface area contributed by atoms with Crippen LogP contribution in [0.1, 0.15) is 20.8 Å². The van der Waals surface area contributed by atoms with Gasteiger partial charge in [-0.05, 0) is 42.8 Å². The Kier molecular flexibility index (Phi) is 3.25. The average Bonchev–Trinajstić information content (AvgIpc) is 2.58. The van der Waals surface area contributed by atoms with Crippen LogP contribution in [0, 0.1) is 0 Å². The molecule has 2 rings (SSSR count). The number of nitrogens with zero attached hydrogens (tertiary/aromatic N) is 2. The number of aromatic nitrogens is 3. The number of aromatic amines is 1. The molecule has 7 heteroatoms. The highest BCUT2D eigenvalue weighted by Gasteiger charge is 2.18. The fourth-order valence-corrected chi connectivity index (χ4v) is 1.68. The molecule has 18 heavy (non-hydrogen) atoms. The molecule has 0 aliphatic heterocycles. The Morgan fingerprint density at radius 2 is 2.22 bits per heavy atom. The number of rotatable bonds is 1. The number of halogens is 1. The number of carbonyl (C=O) groups is 1. The highest BCUT2D eigenvalue weighted by atomic mass is 79.9. The lowest BCUT2D eigenvalue weighted by molar-refractivity contribution is 0.189. The quantitative estimate of drug-likeness (QED) is 0.848. The molecule has 0 aliphatic carbocycles. The largest absolute Gasteiger partial charge is 0.414 e. The topological polar surface area (TPSA) is 79.9 Å². The van der Waals surface area contributed by atoms with E-state index in [-0.39, 0.29) is 11.4 Å². The molecule has 2 aromatic heterocycles. The summed E-state index contributed by atoms with van der Waals surface area (Å²) in [6.07, 6.45) is 1.09. The van der Waals surface area contributed by atoms with Gasteiger partial charge in [-0.15, -0.1) is 5.10 Å². The second-order valence-electron chi connectivity index (χ2n) is 4.84. The minimum atomic E-state index is -0.545. The molecular weight excluding hydrogens is 300 g/mol. The first kappa shape index (κ1) is 12.8. The lowest BCUT2D eigenvalue weighted by Gasteiger charge is -2.19. The number of hydrogen-bond donors (Lipinski definition) is 2. The van der Waals surface area contributed by atoms with Crippen LogP contribution in [0.2, 0.25) is 0 Å². The molecule has 0 radical (unpaired) electrons. The molecule has 2 heterocycles. The third-order valence-corrected chi connectivity index (χ3v) is 2.45.